The monoisotopic (exact) mass is 385 g/mol. The minimum atomic E-state index is -4.54. The highest BCUT2D eigenvalue weighted by atomic mass is 19.4. The van der Waals surface area contributed by atoms with E-state index in [4.69, 9.17) is 4.52 Å². The van der Waals surface area contributed by atoms with Crippen molar-refractivity contribution in [3.8, 4) is 0 Å². The van der Waals surface area contributed by atoms with E-state index in [2.05, 4.69) is 25.7 Å². The molecule has 0 saturated heterocycles. The molecule has 0 spiro atoms. The zero-order chi connectivity index (χ0) is 20.0. The largest absolute Gasteiger partial charge is 0.435 e. The van der Waals surface area contributed by atoms with Crippen molar-refractivity contribution in [2.75, 3.05) is 0 Å². The molecule has 2 heterocycles. The molecule has 0 bridgehead atoms. The van der Waals surface area contributed by atoms with Gasteiger partial charge in [0.2, 0.25) is 11.8 Å². The smallest absolute Gasteiger partial charge is 0.344 e. The molecular weight excluding hydrogens is 363 g/mol. The second-order valence-corrected chi connectivity index (χ2v) is 7.90. The van der Waals surface area contributed by atoms with Gasteiger partial charge in [-0.2, -0.15) is 23.3 Å². The molecule has 2 aromatic heterocycles. The lowest BCUT2D eigenvalue weighted by Gasteiger charge is -2.23. The lowest BCUT2D eigenvalue weighted by molar-refractivity contribution is -0.142. The predicted molar refractivity (Wildman–Crippen MR) is 88.7 cm³/mol. The number of aromatic nitrogens is 4. The summed E-state index contributed by atoms with van der Waals surface area (Å²) in [6.07, 6.45) is -3.75. The fourth-order valence-electron chi connectivity index (χ4n) is 3.06. The Labute approximate surface area is 154 Å². The quantitative estimate of drug-likeness (QED) is 0.846. The number of amides is 1. The van der Waals surface area contributed by atoms with E-state index in [-0.39, 0.29) is 29.2 Å². The molecule has 7 nitrogen and oxygen atoms in total. The first-order valence-corrected chi connectivity index (χ1v) is 8.74. The summed E-state index contributed by atoms with van der Waals surface area (Å²) in [7, 11) is 0. The molecule has 1 aliphatic carbocycles. The minimum absolute atomic E-state index is 0.00367. The highest BCUT2D eigenvalue weighted by Gasteiger charge is 2.40. The van der Waals surface area contributed by atoms with E-state index in [1.165, 1.54) is 0 Å². The van der Waals surface area contributed by atoms with E-state index < -0.39 is 23.8 Å². The SMILES string of the molecule is CC(NC(=O)C1CCc2[nH]nc(C(F)(F)F)c2C1)c1nc(C(C)(C)C)no1. The van der Waals surface area contributed by atoms with Gasteiger partial charge in [0.15, 0.2) is 11.5 Å². The number of carbonyl (C=O) groups is 1. The van der Waals surface area contributed by atoms with Crippen LogP contribution in [0, 0.1) is 5.92 Å². The maximum atomic E-state index is 13.1. The average Bonchev–Trinajstić information content (AvgIpc) is 3.20. The number of hydrogen-bond acceptors (Lipinski definition) is 5. The van der Waals surface area contributed by atoms with Gasteiger partial charge in [-0.3, -0.25) is 9.89 Å². The first-order chi connectivity index (χ1) is 12.5. The van der Waals surface area contributed by atoms with Crippen molar-refractivity contribution in [1.29, 1.82) is 0 Å². The fraction of sp³-hybridized carbons (Fsp3) is 0.647. The van der Waals surface area contributed by atoms with Crippen LogP contribution in [0.2, 0.25) is 0 Å². The Hall–Kier alpha value is -2.39. The van der Waals surface area contributed by atoms with Crippen LogP contribution < -0.4 is 5.32 Å². The summed E-state index contributed by atoms with van der Waals surface area (Å²) < 4.78 is 44.4. The van der Waals surface area contributed by atoms with E-state index in [9.17, 15) is 18.0 Å². The summed E-state index contributed by atoms with van der Waals surface area (Å²) in [6, 6.07) is -0.533. The Kier molecular flexibility index (Phi) is 4.77. The summed E-state index contributed by atoms with van der Waals surface area (Å²) in [5, 5.41) is 12.5. The molecule has 0 aromatic carbocycles. The average molecular weight is 385 g/mol. The molecule has 2 atom stereocenters. The number of aromatic amines is 1. The lowest BCUT2D eigenvalue weighted by Crippen LogP contribution is -2.36. The van der Waals surface area contributed by atoms with Gasteiger partial charge >= 0.3 is 6.18 Å². The van der Waals surface area contributed by atoms with Crippen molar-refractivity contribution < 1.29 is 22.5 Å². The first-order valence-electron chi connectivity index (χ1n) is 8.74. The second-order valence-electron chi connectivity index (χ2n) is 7.90. The van der Waals surface area contributed by atoms with Gasteiger partial charge in [0.05, 0.1) is 0 Å². The molecule has 3 rings (SSSR count). The summed E-state index contributed by atoms with van der Waals surface area (Å²) in [6.45, 7) is 7.51. The summed E-state index contributed by atoms with van der Waals surface area (Å²) >= 11 is 0. The number of hydrogen-bond donors (Lipinski definition) is 2. The Balaban J connectivity index is 1.69. The van der Waals surface area contributed by atoms with Crippen LogP contribution in [0.5, 0.6) is 0 Å². The fourth-order valence-corrected chi connectivity index (χ4v) is 3.06. The van der Waals surface area contributed by atoms with Gasteiger partial charge < -0.3 is 9.84 Å². The van der Waals surface area contributed by atoms with E-state index >= 15 is 0 Å². The van der Waals surface area contributed by atoms with Crippen molar-refractivity contribution in [2.24, 2.45) is 5.92 Å². The van der Waals surface area contributed by atoms with Crippen LogP contribution in [0.4, 0.5) is 13.2 Å². The van der Waals surface area contributed by atoms with Gasteiger partial charge in [-0.05, 0) is 26.2 Å². The Morgan fingerprint density at radius 2 is 2.04 bits per heavy atom. The van der Waals surface area contributed by atoms with Gasteiger partial charge in [0, 0.05) is 22.6 Å². The van der Waals surface area contributed by atoms with Crippen molar-refractivity contribution in [1.82, 2.24) is 25.7 Å². The van der Waals surface area contributed by atoms with Crippen molar-refractivity contribution in [3.05, 3.63) is 28.7 Å². The van der Waals surface area contributed by atoms with Crippen LogP contribution in [-0.2, 0) is 29.2 Å². The maximum Gasteiger partial charge on any atom is 0.435 e. The number of alkyl halides is 3. The third kappa shape index (κ3) is 3.98. The van der Waals surface area contributed by atoms with Crippen LogP contribution in [0.25, 0.3) is 0 Å². The van der Waals surface area contributed by atoms with Gasteiger partial charge in [0.25, 0.3) is 0 Å². The summed E-state index contributed by atoms with van der Waals surface area (Å²) in [4.78, 5) is 16.9. The van der Waals surface area contributed by atoms with E-state index in [0.29, 0.717) is 24.4 Å². The highest BCUT2D eigenvalue weighted by Crippen LogP contribution is 2.36. The van der Waals surface area contributed by atoms with Crippen molar-refractivity contribution in [2.45, 2.75) is 64.6 Å². The van der Waals surface area contributed by atoms with Crippen LogP contribution in [0.3, 0.4) is 0 Å². The number of H-pyrrole nitrogens is 1. The van der Waals surface area contributed by atoms with Crippen LogP contribution in [0.1, 0.15) is 68.8 Å². The number of rotatable bonds is 3. The third-order valence-corrected chi connectivity index (χ3v) is 4.63. The topological polar surface area (TPSA) is 96.7 Å². The zero-order valence-corrected chi connectivity index (χ0v) is 15.6. The minimum Gasteiger partial charge on any atom is -0.344 e. The number of nitrogens with zero attached hydrogens (tertiary/aromatic N) is 3. The molecule has 0 fully saturated rings. The number of halogens is 3. The molecule has 1 amide bonds. The van der Waals surface area contributed by atoms with E-state index in [1.54, 1.807) is 6.92 Å². The Morgan fingerprint density at radius 1 is 1.33 bits per heavy atom. The van der Waals surface area contributed by atoms with E-state index in [0.717, 1.165) is 0 Å². The number of fused-ring (bicyclic) bond motifs is 1. The van der Waals surface area contributed by atoms with Crippen molar-refractivity contribution >= 4 is 5.91 Å². The standard InChI is InChI=1S/C17H22F3N5O2/c1-8(14-22-15(25-27-14)16(2,3)4)21-13(26)9-5-6-11-10(7-9)12(24-23-11)17(18,19)20/h8-9H,5-7H2,1-4H3,(H,21,26)(H,23,24). The molecule has 2 N–H and O–H groups in total. The highest BCUT2D eigenvalue weighted by molar-refractivity contribution is 5.79. The number of aryl methyl sites for hydroxylation is 1. The van der Waals surface area contributed by atoms with Crippen LogP contribution in [-0.4, -0.2) is 26.2 Å². The molecule has 2 aromatic rings. The molecule has 0 aliphatic heterocycles. The molecular formula is C17H22F3N5O2. The molecule has 27 heavy (non-hydrogen) atoms. The Morgan fingerprint density at radius 3 is 2.63 bits per heavy atom. The van der Waals surface area contributed by atoms with Gasteiger partial charge in [0.1, 0.15) is 6.04 Å². The molecule has 148 valence electrons. The predicted octanol–water partition coefficient (Wildman–Crippen LogP) is 3.09. The van der Waals surface area contributed by atoms with Crippen LogP contribution >= 0.6 is 0 Å². The van der Waals surface area contributed by atoms with E-state index in [1.807, 2.05) is 20.8 Å². The summed E-state index contributed by atoms with van der Waals surface area (Å²) in [5.41, 5.74) is -0.698. The van der Waals surface area contributed by atoms with Gasteiger partial charge in [-0.25, -0.2) is 0 Å². The second kappa shape index (κ2) is 6.65. The Bertz CT molecular complexity index is 834. The van der Waals surface area contributed by atoms with Gasteiger partial charge in [-0.15, -0.1) is 0 Å². The lowest BCUT2D eigenvalue weighted by atomic mass is 9.85. The normalized spacial score (nSPS) is 18.9. The molecule has 1 aliphatic rings. The number of carbonyl (C=O) groups excluding carboxylic acids is 1. The number of nitrogens with one attached hydrogen (secondary N) is 2. The van der Waals surface area contributed by atoms with Gasteiger partial charge in [-0.1, -0.05) is 25.9 Å². The van der Waals surface area contributed by atoms with Crippen LogP contribution in [0.15, 0.2) is 4.52 Å². The van der Waals surface area contributed by atoms with Crippen molar-refractivity contribution in [3.63, 3.8) is 0 Å². The zero-order valence-electron chi connectivity index (χ0n) is 15.6. The third-order valence-electron chi connectivity index (χ3n) is 4.63. The summed E-state index contributed by atoms with van der Waals surface area (Å²) in [5.74, 6) is -0.111. The first kappa shape index (κ1) is 19.4. The molecule has 2 unspecified atom stereocenters. The molecule has 0 radical (unpaired) electrons. The maximum absolute atomic E-state index is 13.1. The molecule has 0 saturated carbocycles. The molecule has 10 heteroatoms.